The molecule has 0 radical (unpaired) electrons. The van der Waals surface area contributed by atoms with Crippen LogP contribution in [0, 0.1) is 16.7 Å². The Hall–Kier alpha value is -3.28. The molecule has 2 aromatic carbocycles. The molecule has 0 aliphatic rings. The van der Waals surface area contributed by atoms with Crippen LogP contribution in [0.4, 0.5) is 0 Å². The van der Waals surface area contributed by atoms with Crippen LogP contribution >= 0.6 is 0 Å². The zero-order valence-corrected chi connectivity index (χ0v) is 20.3. The molecule has 178 valence electrons. The van der Waals surface area contributed by atoms with Crippen LogP contribution in [0.2, 0.25) is 0 Å². The number of carbonyl (C=O) groups is 2. The predicted octanol–water partition coefficient (Wildman–Crippen LogP) is 5.58. The Morgan fingerprint density at radius 1 is 0.818 bits per heavy atom. The number of carbonyl (C=O) groups excluding carboxylic acids is 2. The van der Waals surface area contributed by atoms with Crippen molar-refractivity contribution in [2.75, 3.05) is 6.54 Å². The van der Waals surface area contributed by atoms with Crippen molar-refractivity contribution in [2.45, 2.75) is 59.8 Å². The number of nitrogen functional groups attached to an aromatic ring is 1. The van der Waals surface area contributed by atoms with E-state index in [2.05, 4.69) is 12.2 Å². The van der Waals surface area contributed by atoms with E-state index in [-0.39, 0.29) is 23.4 Å². The molecule has 0 spiro atoms. The van der Waals surface area contributed by atoms with Crippen LogP contribution < -0.4 is 11.1 Å². The summed E-state index contributed by atoms with van der Waals surface area (Å²) in [5, 5.41) is 18.0. The fraction of sp³-hybridized carbons (Fsp3) is 0.407. The van der Waals surface area contributed by atoms with Gasteiger partial charge < -0.3 is 16.5 Å². The number of nitrogens with one attached hydrogen (secondary N) is 3. The summed E-state index contributed by atoms with van der Waals surface area (Å²) < 4.78 is 0. The normalized spacial score (nSPS) is 10.2. The van der Waals surface area contributed by atoms with Crippen molar-refractivity contribution in [1.29, 1.82) is 10.8 Å². The van der Waals surface area contributed by atoms with Crippen molar-refractivity contribution in [3.63, 3.8) is 0 Å². The Kier molecular flexibility index (Phi) is 12.4. The number of unbranched alkanes of at least 4 members (excludes halogenated alkanes) is 2. The third kappa shape index (κ3) is 9.81. The smallest absolute Gasteiger partial charge is 0.251 e. The van der Waals surface area contributed by atoms with Crippen molar-refractivity contribution in [3.05, 3.63) is 70.8 Å². The molecular formula is C27H38N4O2. The molecule has 0 aliphatic heterocycles. The first-order chi connectivity index (χ1) is 15.7. The Morgan fingerprint density at radius 2 is 1.33 bits per heavy atom. The van der Waals surface area contributed by atoms with Gasteiger partial charge in [-0.25, -0.2) is 0 Å². The van der Waals surface area contributed by atoms with Gasteiger partial charge in [0.2, 0.25) is 0 Å². The van der Waals surface area contributed by atoms with E-state index in [0.29, 0.717) is 28.8 Å². The molecule has 0 fully saturated rings. The summed E-state index contributed by atoms with van der Waals surface area (Å²) in [7, 11) is 0. The highest BCUT2D eigenvalue weighted by Gasteiger charge is 2.08. The number of hydrogen-bond donors (Lipinski definition) is 4. The minimum Gasteiger partial charge on any atom is -0.384 e. The molecular weight excluding hydrogens is 412 g/mol. The lowest BCUT2D eigenvalue weighted by molar-refractivity contribution is 0.0951. The lowest BCUT2D eigenvalue weighted by Gasteiger charge is -2.09. The van der Waals surface area contributed by atoms with Crippen LogP contribution in [-0.2, 0) is 0 Å². The van der Waals surface area contributed by atoms with E-state index in [4.69, 9.17) is 16.6 Å². The number of rotatable bonds is 11. The minimum absolute atomic E-state index is 0.0273. The van der Waals surface area contributed by atoms with Crippen molar-refractivity contribution in [3.8, 4) is 0 Å². The standard InChI is InChI=1S/C16H24N2O.C11H14N2O/c1-4-5-6-11-18-16(19)14-9-7-13(8-10-14)15(17)12(2)3;1-2-3-10(14)8-4-6-9(7-5-8)11(12)13/h7-10,12,17H,4-6,11H2,1-3H3,(H,18,19);4-7H,2-3H2,1H3,(H3,12,13). The van der Waals surface area contributed by atoms with Gasteiger partial charge in [-0.2, -0.15) is 0 Å². The van der Waals surface area contributed by atoms with Gasteiger partial charge in [-0.05, 0) is 36.5 Å². The SMILES string of the molecule is CCCC(=O)c1ccc(C(=N)N)cc1.CCCCCNC(=O)c1ccc(C(=N)C(C)C)cc1. The highest BCUT2D eigenvalue weighted by molar-refractivity contribution is 6.01. The zero-order valence-electron chi connectivity index (χ0n) is 20.3. The van der Waals surface area contributed by atoms with E-state index >= 15 is 0 Å². The topological polar surface area (TPSA) is 120 Å². The summed E-state index contributed by atoms with van der Waals surface area (Å²) in [6.07, 6.45) is 4.75. The molecule has 33 heavy (non-hydrogen) atoms. The molecule has 1 amide bonds. The Labute approximate surface area is 198 Å². The highest BCUT2D eigenvalue weighted by Crippen LogP contribution is 2.10. The Balaban J connectivity index is 0.000000346. The third-order valence-corrected chi connectivity index (χ3v) is 5.10. The fourth-order valence-electron chi connectivity index (χ4n) is 3.02. The summed E-state index contributed by atoms with van der Waals surface area (Å²) in [5.74, 6) is 0.342. The highest BCUT2D eigenvalue weighted by atomic mass is 16.1. The van der Waals surface area contributed by atoms with Crippen LogP contribution in [0.5, 0.6) is 0 Å². The molecule has 6 heteroatoms. The van der Waals surface area contributed by atoms with Crippen molar-refractivity contribution >= 4 is 23.2 Å². The summed E-state index contributed by atoms with van der Waals surface area (Å²) >= 11 is 0. The third-order valence-electron chi connectivity index (χ3n) is 5.10. The van der Waals surface area contributed by atoms with Gasteiger partial charge in [0, 0.05) is 35.4 Å². The summed E-state index contributed by atoms with van der Waals surface area (Å²) in [5.41, 5.74) is 8.80. The molecule has 0 aromatic heterocycles. The molecule has 0 unspecified atom stereocenters. The molecule has 0 bridgehead atoms. The van der Waals surface area contributed by atoms with Crippen LogP contribution in [0.1, 0.15) is 91.6 Å². The van der Waals surface area contributed by atoms with Gasteiger partial charge in [-0.1, -0.05) is 76.9 Å². The molecule has 0 heterocycles. The van der Waals surface area contributed by atoms with Crippen LogP contribution in [-0.4, -0.2) is 29.8 Å². The van der Waals surface area contributed by atoms with Gasteiger partial charge in [0.1, 0.15) is 5.84 Å². The van der Waals surface area contributed by atoms with Crippen LogP contribution in [0.3, 0.4) is 0 Å². The summed E-state index contributed by atoms with van der Waals surface area (Å²) in [4.78, 5) is 23.3. The number of amidine groups is 1. The van der Waals surface area contributed by atoms with E-state index in [1.807, 2.05) is 32.9 Å². The van der Waals surface area contributed by atoms with Crippen LogP contribution in [0.25, 0.3) is 0 Å². The number of ketones is 1. The van der Waals surface area contributed by atoms with E-state index in [1.165, 1.54) is 0 Å². The van der Waals surface area contributed by atoms with Crippen molar-refractivity contribution < 1.29 is 9.59 Å². The maximum atomic E-state index is 11.9. The maximum absolute atomic E-state index is 11.9. The monoisotopic (exact) mass is 450 g/mol. The lowest BCUT2D eigenvalue weighted by atomic mass is 9.99. The average Bonchev–Trinajstić information content (AvgIpc) is 2.82. The van der Waals surface area contributed by atoms with E-state index in [0.717, 1.165) is 37.8 Å². The van der Waals surface area contributed by atoms with E-state index < -0.39 is 0 Å². The van der Waals surface area contributed by atoms with Gasteiger partial charge >= 0.3 is 0 Å². The van der Waals surface area contributed by atoms with Crippen molar-refractivity contribution in [2.24, 2.45) is 11.7 Å². The molecule has 2 rings (SSSR count). The van der Waals surface area contributed by atoms with Crippen molar-refractivity contribution in [1.82, 2.24) is 5.32 Å². The average molecular weight is 451 g/mol. The lowest BCUT2D eigenvalue weighted by Crippen LogP contribution is -2.24. The number of Topliss-reactive ketones (excluding diaryl/α,β-unsaturated/α-hetero) is 1. The summed E-state index contributed by atoms with van der Waals surface area (Å²) in [6, 6.07) is 14.1. The molecule has 2 aromatic rings. The van der Waals surface area contributed by atoms with Gasteiger partial charge in [-0.15, -0.1) is 0 Å². The minimum atomic E-state index is -0.0290. The number of amides is 1. The van der Waals surface area contributed by atoms with Gasteiger partial charge in [0.15, 0.2) is 5.78 Å². The van der Waals surface area contributed by atoms with Gasteiger partial charge in [0.05, 0.1) is 0 Å². The summed E-state index contributed by atoms with van der Waals surface area (Å²) in [6.45, 7) is 8.84. The maximum Gasteiger partial charge on any atom is 0.251 e. The molecule has 6 nitrogen and oxygen atoms in total. The van der Waals surface area contributed by atoms with Crippen LogP contribution in [0.15, 0.2) is 48.5 Å². The number of benzene rings is 2. The second-order valence-electron chi connectivity index (χ2n) is 8.27. The van der Waals surface area contributed by atoms with Gasteiger partial charge in [-0.3, -0.25) is 15.0 Å². The second-order valence-corrected chi connectivity index (χ2v) is 8.27. The van der Waals surface area contributed by atoms with E-state index in [1.54, 1.807) is 36.4 Å². The number of hydrogen-bond acceptors (Lipinski definition) is 4. The second kappa shape index (κ2) is 14.7. The Morgan fingerprint density at radius 3 is 1.82 bits per heavy atom. The van der Waals surface area contributed by atoms with Gasteiger partial charge in [0.25, 0.3) is 5.91 Å². The largest absolute Gasteiger partial charge is 0.384 e. The first-order valence-corrected chi connectivity index (χ1v) is 11.7. The first-order valence-electron chi connectivity index (χ1n) is 11.7. The molecule has 5 N–H and O–H groups in total. The Bertz CT molecular complexity index is 916. The molecule has 0 saturated carbocycles. The molecule has 0 atom stereocenters. The predicted molar refractivity (Wildman–Crippen MR) is 137 cm³/mol. The first kappa shape index (κ1) is 27.8. The molecule has 0 aliphatic carbocycles. The zero-order chi connectivity index (χ0) is 24.8. The fourth-order valence-corrected chi connectivity index (χ4v) is 3.02. The molecule has 0 saturated heterocycles. The van der Waals surface area contributed by atoms with E-state index in [9.17, 15) is 9.59 Å². The quantitative estimate of drug-likeness (QED) is 0.155. The number of nitrogens with two attached hydrogens (primary N) is 1.